The summed E-state index contributed by atoms with van der Waals surface area (Å²) in [5.41, 5.74) is 7.65. The Morgan fingerprint density at radius 2 is 2.20 bits per heavy atom. The average Bonchev–Trinajstić information content (AvgIpc) is 2.05. The summed E-state index contributed by atoms with van der Waals surface area (Å²) in [7, 11) is -3.01. The molecule has 0 saturated carbocycles. The number of aromatic nitrogens is 1. The second-order valence-corrected chi connectivity index (χ2v) is 6.01. The molecule has 1 aromatic heterocycles. The molecule has 0 saturated heterocycles. The van der Waals surface area contributed by atoms with Gasteiger partial charge >= 0.3 is 0 Å². The molecule has 0 aromatic carbocycles. The molecule has 1 aromatic rings. The van der Waals surface area contributed by atoms with Gasteiger partial charge in [0.1, 0.15) is 9.84 Å². The third-order valence-electron chi connectivity index (χ3n) is 2.09. The highest BCUT2D eigenvalue weighted by atomic mass is 32.2. The van der Waals surface area contributed by atoms with E-state index in [0.717, 1.165) is 11.3 Å². The minimum atomic E-state index is -3.01. The summed E-state index contributed by atoms with van der Waals surface area (Å²) in [6.45, 7) is 1.94. The molecule has 1 rings (SSSR count). The van der Waals surface area contributed by atoms with E-state index in [4.69, 9.17) is 5.73 Å². The number of sulfone groups is 1. The van der Waals surface area contributed by atoms with Gasteiger partial charge in [0.15, 0.2) is 0 Å². The van der Waals surface area contributed by atoms with Crippen molar-refractivity contribution in [2.24, 2.45) is 5.73 Å². The summed E-state index contributed by atoms with van der Waals surface area (Å²) < 4.78 is 22.0. The van der Waals surface area contributed by atoms with Gasteiger partial charge in [-0.05, 0) is 18.6 Å². The van der Waals surface area contributed by atoms with E-state index >= 15 is 0 Å². The molecule has 2 N–H and O–H groups in total. The fraction of sp³-hybridized carbons (Fsp3) is 0.500. The molecule has 15 heavy (non-hydrogen) atoms. The van der Waals surface area contributed by atoms with Crippen LogP contribution in [0.25, 0.3) is 0 Å². The van der Waals surface area contributed by atoms with E-state index in [-0.39, 0.29) is 11.8 Å². The van der Waals surface area contributed by atoms with Gasteiger partial charge in [-0.2, -0.15) is 0 Å². The Kier molecular flexibility index (Phi) is 3.82. The van der Waals surface area contributed by atoms with Gasteiger partial charge in [0.2, 0.25) is 0 Å². The molecule has 4 nitrogen and oxygen atoms in total. The minimum Gasteiger partial charge on any atom is -0.326 e. The Hall–Kier alpha value is -0.940. The third kappa shape index (κ3) is 4.40. The summed E-state index contributed by atoms with van der Waals surface area (Å²) in [4.78, 5) is 4.17. The van der Waals surface area contributed by atoms with Crippen molar-refractivity contribution in [3.05, 3.63) is 29.6 Å². The molecule has 0 amide bonds. The first kappa shape index (κ1) is 12.1. The molecule has 0 spiro atoms. The van der Waals surface area contributed by atoms with E-state index in [1.54, 1.807) is 6.20 Å². The lowest BCUT2D eigenvalue weighted by Gasteiger charge is -2.11. The van der Waals surface area contributed by atoms with E-state index in [0.29, 0.717) is 6.42 Å². The van der Waals surface area contributed by atoms with Crippen LogP contribution in [0.4, 0.5) is 0 Å². The van der Waals surface area contributed by atoms with E-state index in [9.17, 15) is 8.42 Å². The fourth-order valence-electron chi connectivity index (χ4n) is 1.43. The molecule has 1 atom stereocenters. The summed E-state index contributed by atoms with van der Waals surface area (Å²) in [5.74, 6) is 0.00299. The van der Waals surface area contributed by atoms with Crippen LogP contribution in [-0.2, 0) is 16.3 Å². The zero-order valence-electron chi connectivity index (χ0n) is 8.97. The van der Waals surface area contributed by atoms with Crippen molar-refractivity contribution < 1.29 is 8.42 Å². The number of hydrogen-bond donors (Lipinski definition) is 1. The predicted octanol–water partition coefficient (Wildman–Crippen LogP) is 0.304. The highest BCUT2D eigenvalue weighted by Crippen LogP contribution is 2.06. The summed E-state index contributed by atoms with van der Waals surface area (Å²) >= 11 is 0. The third-order valence-corrected chi connectivity index (χ3v) is 3.12. The van der Waals surface area contributed by atoms with Crippen molar-refractivity contribution in [1.29, 1.82) is 0 Å². The van der Waals surface area contributed by atoms with Crippen LogP contribution in [0, 0.1) is 6.92 Å². The monoisotopic (exact) mass is 228 g/mol. The number of pyridine rings is 1. The second-order valence-electron chi connectivity index (χ2n) is 3.82. The molecular formula is C10H16N2O2S. The number of rotatable bonds is 4. The standard InChI is InChI=1S/C10H16N2O2S/c1-8-4-3-5-12-10(8)6-9(11)7-15(2,13)14/h3-5,9H,6-7,11H2,1-2H3. The molecule has 1 unspecified atom stereocenters. The van der Waals surface area contributed by atoms with Crippen molar-refractivity contribution in [3.8, 4) is 0 Å². The van der Waals surface area contributed by atoms with Crippen LogP contribution >= 0.6 is 0 Å². The zero-order valence-corrected chi connectivity index (χ0v) is 9.79. The topological polar surface area (TPSA) is 73.0 Å². The van der Waals surface area contributed by atoms with Crippen LogP contribution in [0.1, 0.15) is 11.3 Å². The maximum atomic E-state index is 11.0. The van der Waals surface area contributed by atoms with Gasteiger partial charge in [0, 0.05) is 30.6 Å². The quantitative estimate of drug-likeness (QED) is 0.804. The van der Waals surface area contributed by atoms with Crippen molar-refractivity contribution in [2.75, 3.05) is 12.0 Å². The van der Waals surface area contributed by atoms with Gasteiger partial charge in [-0.25, -0.2) is 8.42 Å². The normalized spacial score (nSPS) is 13.8. The van der Waals surface area contributed by atoms with Gasteiger partial charge < -0.3 is 5.73 Å². The van der Waals surface area contributed by atoms with Crippen molar-refractivity contribution in [1.82, 2.24) is 4.98 Å². The van der Waals surface area contributed by atoms with Gasteiger partial charge in [0.05, 0.1) is 5.75 Å². The first-order chi connectivity index (χ1) is 6.88. The van der Waals surface area contributed by atoms with Gasteiger partial charge in [0.25, 0.3) is 0 Å². The second kappa shape index (κ2) is 4.72. The first-order valence-electron chi connectivity index (χ1n) is 4.72. The molecule has 0 aliphatic heterocycles. The Morgan fingerprint density at radius 3 is 2.73 bits per heavy atom. The van der Waals surface area contributed by atoms with Gasteiger partial charge in [-0.3, -0.25) is 4.98 Å². The van der Waals surface area contributed by atoms with Crippen LogP contribution < -0.4 is 5.73 Å². The SMILES string of the molecule is Cc1cccnc1CC(N)CS(C)(=O)=O. The Morgan fingerprint density at radius 1 is 1.53 bits per heavy atom. The number of nitrogens with two attached hydrogens (primary N) is 1. The van der Waals surface area contributed by atoms with E-state index in [2.05, 4.69) is 4.98 Å². The molecule has 0 fully saturated rings. The largest absolute Gasteiger partial charge is 0.326 e. The average molecular weight is 228 g/mol. The van der Waals surface area contributed by atoms with E-state index in [1.807, 2.05) is 19.1 Å². The van der Waals surface area contributed by atoms with Gasteiger partial charge in [-0.15, -0.1) is 0 Å². The number of nitrogens with zero attached hydrogens (tertiary/aromatic N) is 1. The summed E-state index contributed by atoms with van der Waals surface area (Å²) in [5, 5.41) is 0. The predicted molar refractivity (Wildman–Crippen MR) is 60.4 cm³/mol. The Bertz CT molecular complexity index is 429. The van der Waals surface area contributed by atoms with Crippen LogP contribution in [0.2, 0.25) is 0 Å². The molecule has 0 aliphatic carbocycles. The van der Waals surface area contributed by atoms with Crippen LogP contribution in [0.15, 0.2) is 18.3 Å². The highest BCUT2D eigenvalue weighted by Gasteiger charge is 2.13. The minimum absolute atomic E-state index is 0.00299. The number of aryl methyl sites for hydroxylation is 1. The molecule has 5 heteroatoms. The van der Waals surface area contributed by atoms with Crippen molar-refractivity contribution in [3.63, 3.8) is 0 Å². The van der Waals surface area contributed by atoms with Crippen LogP contribution in [-0.4, -0.2) is 31.5 Å². The molecule has 84 valence electrons. The van der Waals surface area contributed by atoms with Crippen LogP contribution in [0.3, 0.4) is 0 Å². The van der Waals surface area contributed by atoms with E-state index in [1.165, 1.54) is 6.26 Å². The molecule has 0 bridgehead atoms. The lowest BCUT2D eigenvalue weighted by Crippen LogP contribution is -2.31. The molecule has 0 radical (unpaired) electrons. The number of hydrogen-bond acceptors (Lipinski definition) is 4. The van der Waals surface area contributed by atoms with Gasteiger partial charge in [-0.1, -0.05) is 6.07 Å². The van der Waals surface area contributed by atoms with Crippen LogP contribution in [0.5, 0.6) is 0 Å². The molecule has 1 heterocycles. The lowest BCUT2D eigenvalue weighted by molar-refractivity contribution is 0.590. The van der Waals surface area contributed by atoms with Crippen molar-refractivity contribution >= 4 is 9.84 Å². The lowest BCUT2D eigenvalue weighted by atomic mass is 10.1. The summed E-state index contributed by atoms with van der Waals surface area (Å²) in [6, 6.07) is 3.41. The summed E-state index contributed by atoms with van der Waals surface area (Å²) in [6.07, 6.45) is 3.38. The Balaban J connectivity index is 2.67. The maximum absolute atomic E-state index is 11.0. The molecular weight excluding hydrogens is 212 g/mol. The van der Waals surface area contributed by atoms with E-state index < -0.39 is 9.84 Å². The first-order valence-corrected chi connectivity index (χ1v) is 6.78. The maximum Gasteiger partial charge on any atom is 0.148 e. The zero-order chi connectivity index (χ0) is 11.5. The molecule has 0 aliphatic rings. The smallest absolute Gasteiger partial charge is 0.148 e. The van der Waals surface area contributed by atoms with Crippen molar-refractivity contribution in [2.45, 2.75) is 19.4 Å². The highest BCUT2D eigenvalue weighted by molar-refractivity contribution is 7.90. The Labute approximate surface area is 90.4 Å². The fourth-order valence-corrected chi connectivity index (χ4v) is 2.32.